The van der Waals surface area contributed by atoms with Crippen molar-refractivity contribution in [2.75, 3.05) is 18.9 Å². The first kappa shape index (κ1) is 19.4. The molecule has 3 aromatic rings. The first-order valence-electron chi connectivity index (χ1n) is 7.96. The minimum atomic E-state index is -0.403. The summed E-state index contributed by atoms with van der Waals surface area (Å²) in [5, 5.41) is 5.73. The van der Waals surface area contributed by atoms with Crippen LogP contribution in [0.25, 0.3) is 10.6 Å². The van der Waals surface area contributed by atoms with Crippen LogP contribution in [0.3, 0.4) is 0 Å². The number of hydrogen-bond donors (Lipinski definition) is 1. The average Bonchev–Trinajstić information content (AvgIpc) is 3.15. The van der Waals surface area contributed by atoms with E-state index in [9.17, 15) is 9.59 Å². The lowest BCUT2D eigenvalue weighted by Gasteiger charge is -2.16. The summed E-state index contributed by atoms with van der Waals surface area (Å²) in [6.07, 6.45) is 0. The Morgan fingerprint density at radius 3 is 2.41 bits per heavy atom. The molecular weight excluding hydrogens is 405 g/mol. The topological polar surface area (TPSA) is 62.3 Å². The molecule has 0 aliphatic rings. The molecule has 1 aromatic heterocycles. The van der Waals surface area contributed by atoms with Gasteiger partial charge in [0.2, 0.25) is 5.91 Å². The van der Waals surface area contributed by atoms with Crippen LogP contribution in [0, 0.1) is 0 Å². The molecular formula is C19H15Cl2N3O2S. The van der Waals surface area contributed by atoms with Crippen molar-refractivity contribution in [1.82, 2.24) is 9.88 Å². The zero-order valence-corrected chi connectivity index (χ0v) is 16.6. The SMILES string of the molecule is CN(CC(=O)Nc1c(Cl)cccc1Cl)C(=O)c1csc(-c2ccccc2)n1. The van der Waals surface area contributed by atoms with E-state index in [0.29, 0.717) is 21.4 Å². The summed E-state index contributed by atoms with van der Waals surface area (Å²) in [5.74, 6) is -0.742. The fraction of sp³-hybridized carbons (Fsp3) is 0.105. The number of likely N-dealkylation sites (N-methyl/N-ethyl adjacent to an activating group) is 1. The maximum Gasteiger partial charge on any atom is 0.273 e. The van der Waals surface area contributed by atoms with E-state index >= 15 is 0 Å². The van der Waals surface area contributed by atoms with Crippen molar-refractivity contribution in [1.29, 1.82) is 0 Å². The molecule has 138 valence electrons. The Labute approximate surface area is 170 Å². The standard InChI is InChI=1S/C19H15Cl2N3O2S/c1-24(10-16(25)23-17-13(20)8-5-9-14(17)21)19(26)15-11-27-18(22-15)12-6-3-2-4-7-12/h2-9,11H,10H2,1H3,(H,23,25). The van der Waals surface area contributed by atoms with Gasteiger partial charge < -0.3 is 10.2 Å². The number of thiazole rings is 1. The largest absolute Gasteiger partial charge is 0.331 e. The molecule has 8 heteroatoms. The second kappa shape index (κ2) is 8.52. The maximum absolute atomic E-state index is 12.5. The molecule has 0 saturated heterocycles. The second-order valence-corrected chi connectivity index (χ2v) is 7.38. The zero-order chi connectivity index (χ0) is 19.4. The van der Waals surface area contributed by atoms with E-state index in [2.05, 4.69) is 10.3 Å². The third kappa shape index (κ3) is 4.66. The van der Waals surface area contributed by atoms with Gasteiger partial charge in [0, 0.05) is 18.0 Å². The number of nitrogens with zero attached hydrogens (tertiary/aromatic N) is 2. The van der Waals surface area contributed by atoms with Crippen molar-refractivity contribution < 1.29 is 9.59 Å². The number of benzene rings is 2. The highest BCUT2D eigenvalue weighted by Crippen LogP contribution is 2.29. The third-order valence-corrected chi connectivity index (χ3v) is 5.22. The number of halogens is 2. The molecule has 3 rings (SSSR count). The molecule has 0 saturated carbocycles. The van der Waals surface area contributed by atoms with Crippen LogP contribution in [0.5, 0.6) is 0 Å². The summed E-state index contributed by atoms with van der Waals surface area (Å²) in [4.78, 5) is 30.5. The van der Waals surface area contributed by atoms with Crippen molar-refractivity contribution in [3.63, 3.8) is 0 Å². The van der Waals surface area contributed by atoms with Gasteiger partial charge in [-0.25, -0.2) is 4.98 Å². The van der Waals surface area contributed by atoms with Crippen LogP contribution in [-0.4, -0.2) is 35.3 Å². The summed E-state index contributed by atoms with van der Waals surface area (Å²) in [6, 6.07) is 14.5. The Morgan fingerprint density at radius 2 is 1.74 bits per heavy atom. The van der Waals surface area contributed by atoms with Gasteiger partial charge in [0.1, 0.15) is 10.7 Å². The maximum atomic E-state index is 12.5. The van der Waals surface area contributed by atoms with E-state index < -0.39 is 5.91 Å². The zero-order valence-electron chi connectivity index (χ0n) is 14.3. The summed E-state index contributed by atoms with van der Waals surface area (Å²) >= 11 is 13.5. The van der Waals surface area contributed by atoms with Gasteiger partial charge in [-0.3, -0.25) is 9.59 Å². The van der Waals surface area contributed by atoms with Gasteiger partial charge >= 0.3 is 0 Å². The number of rotatable bonds is 5. The molecule has 0 aliphatic carbocycles. The molecule has 0 bridgehead atoms. The second-order valence-electron chi connectivity index (χ2n) is 5.71. The molecule has 1 heterocycles. The van der Waals surface area contributed by atoms with Gasteiger partial charge in [0.15, 0.2) is 0 Å². The minimum absolute atomic E-state index is 0.154. The predicted molar refractivity (Wildman–Crippen MR) is 110 cm³/mol. The van der Waals surface area contributed by atoms with Gasteiger partial charge in [-0.05, 0) is 12.1 Å². The number of para-hydroxylation sites is 1. The van der Waals surface area contributed by atoms with E-state index in [-0.39, 0.29) is 12.5 Å². The fourth-order valence-corrected chi connectivity index (χ4v) is 3.66. The Balaban J connectivity index is 1.66. The monoisotopic (exact) mass is 419 g/mol. The van der Waals surface area contributed by atoms with Crippen LogP contribution < -0.4 is 5.32 Å². The quantitative estimate of drug-likeness (QED) is 0.643. The van der Waals surface area contributed by atoms with E-state index in [0.717, 1.165) is 10.6 Å². The van der Waals surface area contributed by atoms with Crippen molar-refractivity contribution in [2.24, 2.45) is 0 Å². The number of amides is 2. The summed E-state index contributed by atoms with van der Waals surface area (Å²) in [5.41, 5.74) is 1.56. The van der Waals surface area contributed by atoms with Gasteiger partial charge in [-0.15, -0.1) is 11.3 Å². The average molecular weight is 420 g/mol. The Kier molecular flexibility index (Phi) is 6.11. The molecule has 0 atom stereocenters. The molecule has 0 radical (unpaired) electrons. The van der Waals surface area contributed by atoms with Crippen LogP contribution in [0.2, 0.25) is 10.0 Å². The highest BCUT2D eigenvalue weighted by molar-refractivity contribution is 7.13. The first-order valence-corrected chi connectivity index (χ1v) is 9.59. The molecule has 5 nitrogen and oxygen atoms in total. The number of anilines is 1. The van der Waals surface area contributed by atoms with Gasteiger partial charge in [-0.1, -0.05) is 59.6 Å². The normalized spacial score (nSPS) is 10.5. The van der Waals surface area contributed by atoms with Crippen LogP contribution in [-0.2, 0) is 4.79 Å². The highest BCUT2D eigenvalue weighted by Gasteiger charge is 2.19. The van der Waals surface area contributed by atoms with Crippen molar-refractivity contribution in [3.05, 3.63) is 69.7 Å². The lowest BCUT2D eigenvalue weighted by atomic mass is 10.2. The van der Waals surface area contributed by atoms with Gasteiger partial charge in [0.05, 0.1) is 22.3 Å². The Bertz CT molecular complexity index is 956. The molecule has 27 heavy (non-hydrogen) atoms. The number of carbonyl (C=O) groups excluding carboxylic acids is 2. The molecule has 1 N–H and O–H groups in total. The third-order valence-electron chi connectivity index (χ3n) is 3.70. The van der Waals surface area contributed by atoms with Gasteiger partial charge in [-0.2, -0.15) is 0 Å². The van der Waals surface area contributed by atoms with E-state index in [4.69, 9.17) is 23.2 Å². The minimum Gasteiger partial charge on any atom is -0.331 e. The number of carbonyl (C=O) groups is 2. The summed E-state index contributed by atoms with van der Waals surface area (Å²) in [6.45, 7) is -0.154. The van der Waals surface area contributed by atoms with Gasteiger partial charge in [0.25, 0.3) is 5.91 Å². The molecule has 2 amide bonds. The van der Waals surface area contributed by atoms with Crippen LogP contribution in [0.4, 0.5) is 5.69 Å². The van der Waals surface area contributed by atoms with Crippen molar-refractivity contribution >= 4 is 52.0 Å². The van der Waals surface area contributed by atoms with Crippen LogP contribution >= 0.6 is 34.5 Å². The lowest BCUT2D eigenvalue weighted by Crippen LogP contribution is -2.35. The van der Waals surface area contributed by atoms with E-state index in [1.807, 2.05) is 30.3 Å². The van der Waals surface area contributed by atoms with E-state index in [1.54, 1.807) is 23.6 Å². The Hall–Kier alpha value is -2.41. The Morgan fingerprint density at radius 1 is 1.07 bits per heavy atom. The number of hydrogen-bond acceptors (Lipinski definition) is 4. The molecule has 0 aliphatic heterocycles. The number of nitrogens with one attached hydrogen (secondary N) is 1. The fourth-order valence-electron chi connectivity index (χ4n) is 2.36. The highest BCUT2D eigenvalue weighted by atomic mass is 35.5. The van der Waals surface area contributed by atoms with Crippen molar-refractivity contribution in [3.8, 4) is 10.6 Å². The molecule has 2 aromatic carbocycles. The summed E-state index contributed by atoms with van der Waals surface area (Å²) < 4.78 is 0. The molecule has 0 fully saturated rings. The van der Waals surface area contributed by atoms with E-state index in [1.165, 1.54) is 23.3 Å². The lowest BCUT2D eigenvalue weighted by molar-refractivity contribution is -0.116. The molecule has 0 unspecified atom stereocenters. The molecule has 0 spiro atoms. The predicted octanol–water partition coefficient (Wildman–Crippen LogP) is 4.83. The number of aromatic nitrogens is 1. The smallest absolute Gasteiger partial charge is 0.273 e. The van der Waals surface area contributed by atoms with Crippen LogP contribution in [0.1, 0.15) is 10.5 Å². The summed E-state index contributed by atoms with van der Waals surface area (Å²) in [7, 11) is 1.54. The van der Waals surface area contributed by atoms with Crippen molar-refractivity contribution in [2.45, 2.75) is 0 Å². The first-order chi connectivity index (χ1) is 13.0. The van der Waals surface area contributed by atoms with Crippen LogP contribution in [0.15, 0.2) is 53.9 Å².